The van der Waals surface area contributed by atoms with E-state index in [2.05, 4.69) is 178 Å². The summed E-state index contributed by atoms with van der Waals surface area (Å²) in [6.45, 7) is 0. The summed E-state index contributed by atoms with van der Waals surface area (Å²) in [6.07, 6.45) is 1.82. The molecule has 6 nitrogen and oxygen atoms in total. The predicted molar refractivity (Wildman–Crippen MR) is 250 cm³/mol. The monoisotopic (exact) mass is 779 g/mol. The van der Waals surface area contributed by atoms with Gasteiger partial charge in [0.15, 0.2) is 11.4 Å². The Morgan fingerprint density at radius 2 is 0.984 bits per heavy atom. The smallest absolute Gasteiger partial charge is 0.160 e. The van der Waals surface area contributed by atoms with Crippen LogP contribution < -0.4 is 0 Å². The van der Waals surface area contributed by atoms with Gasteiger partial charge in [0.05, 0.1) is 33.3 Å². The Morgan fingerprint density at radius 3 is 1.72 bits per heavy atom. The van der Waals surface area contributed by atoms with Crippen molar-refractivity contribution in [3.63, 3.8) is 0 Å². The van der Waals surface area contributed by atoms with Gasteiger partial charge in [-0.2, -0.15) is 0 Å². The van der Waals surface area contributed by atoms with E-state index in [9.17, 15) is 0 Å². The summed E-state index contributed by atoms with van der Waals surface area (Å²) in [5.74, 6) is 0.701. The van der Waals surface area contributed by atoms with Gasteiger partial charge in [-0.25, -0.2) is 9.97 Å². The lowest BCUT2D eigenvalue weighted by molar-refractivity contribution is 0.668. The first-order valence-electron chi connectivity index (χ1n) is 20.5. The number of fused-ring (bicyclic) bond motifs is 10. The Hall–Kier alpha value is -8.35. The number of benzene rings is 8. The SMILES string of the molecule is c1ccc(-c2nc(-c3cccc(-n4c5ccccc5c5cc(-c6ccc7c(c6)c6ccccc6n7-c6ccc7oc8cccnc8c7c6)ccc54)c3)nc3ccccc23)cc1. The van der Waals surface area contributed by atoms with Crippen LogP contribution in [0.4, 0.5) is 0 Å². The van der Waals surface area contributed by atoms with E-state index in [0.717, 1.165) is 83.2 Å². The molecule has 0 aliphatic carbocycles. The standard InChI is InChI=1S/C55H33N5O/c1-2-12-34(13-3-1)53-42-18-4-7-19-46(42)57-55(58-53)37-14-10-15-38(30-37)59-47-20-8-5-16-40(47)43-31-35(23-26-49(43)59)36-24-27-50-44(32-36)41-17-6-9-21-48(41)60(50)39-25-28-51-45(33-39)54-52(61-51)22-11-29-56-54/h1-33H. The third kappa shape index (κ3) is 5.19. The molecule has 0 amide bonds. The first kappa shape index (κ1) is 33.6. The first-order chi connectivity index (χ1) is 30.2. The zero-order valence-electron chi connectivity index (χ0n) is 32.7. The van der Waals surface area contributed by atoms with E-state index in [1.165, 1.54) is 32.7 Å². The predicted octanol–water partition coefficient (Wildman–Crippen LogP) is 14.1. The van der Waals surface area contributed by atoms with Crippen LogP contribution in [0.1, 0.15) is 0 Å². The summed E-state index contributed by atoms with van der Waals surface area (Å²) in [4.78, 5) is 14.9. The van der Waals surface area contributed by atoms with E-state index in [1.807, 2.05) is 36.5 Å². The molecular formula is C55H33N5O. The van der Waals surface area contributed by atoms with Gasteiger partial charge in [0.2, 0.25) is 0 Å². The lowest BCUT2D eigenvalue weighted by Crippen LogP contribution is -1.97. The van der Waals surface area contributed by atoms with Crippen LogP contribution in [0.5, 0.6) is 0 Å². The normalized spacial score (nSPS) is 11.9. The average molecular weight is 780 g/mol. The van der Waals surface area contributed by atoms with Gasteiger partial charge in [0.1, 0.15) is 11.1 Å². The van der Waals surface area contributed by atoms with Gasteiger partial charge in [-0.3, -0.25) is 4.98 Å². The van der Waals surface area contributed by atoms with Crippen molar-refractivity contribution in [3.8, 4) is 45.1 Å². The number of hydrogen-bond acceptors (Lipinski definition) is 4. The van der Waals surface area contributed by atoms with Crippen LogP contribution in [0.15, 0.2) is 205 Å². The highest BCUT2D eigenvalue weighted by molar-refractivity contribution is 6.13. The second-order valence-corrected chi connectivity index (χ2v) is 15.6. The number of furan rings is 1. The molecule has 61 heavy (non-hydrogen) atoms. The summed E-state index contributed by atoms with van der Waals surface area (Å²) < 4.78 is 10.8. The van der Waals surface area contributed by atoms with Crippen LogP contribution in [-0.4, -0.2) is 24.1 Å². The summed E-state index contributed by atoms with van der Waals surface area (Å²) in [5, 5.41) is 6.85. The van der Waals surface area contributed by atoms with Gasteiger partial charge in [0, 0.05) is 61.0 Å². The van der Waals surface area contributed by atoms with Crippen molar-refractivity contribution in [1.29, 1.82) is 0 Å². The summed E-state index contributed by atoms with van der Waals surface area (Å²) in [6, 6.07) is 68.6. The van der Waals surface area contributed by atoms with Gasteiger partial charge >= 0.3 is 0 Å². The molecule has 0 unspecified atom stereocenters. The molecule has 5 heterocycles. The van der Waals surface area contributed by atoms with E-state index in [4.69, 9.17) is 14.4 Å². The lowest BCUT2D eigenvalue weighted by Gasteiger charge is -2.12. The molecule has 13 aromatic rings. The molecular weight excluding hydrogens is 747 g/mol. The van der Waals surface area contributed by atoms with Crippen molar-refractivity contribution in [3.05, 3.63) is 200 Å². The van der Waals surface area contributed by atoms with Crippen LogP contribution in [-0.2, 0) is 0 Å². The maximum atomic E-state index is 6.12. The van der Waals surface area contributed by atoms with Gasteiger partial charge in [0.25, 0.3) is 0 Å². The fourth-order valence-electron chi connectivity index (χ4n) is 9.39. The molecule has 284 valence electrons. The zero-order valence-corrected chi connectivity index (χ0v) is 32.7. The van der Waals surface area contributed by atoms with Crippen molar-refractivity contribution in [1.82, 2.24) is 24.1 Å². The fraction of sp³-hybridized carbons (Fsp3) is 0. The molecule has 0 aliphatic heterocycles. The molecule has 0 atom stereocenters. The topological polar surface area (TPSA) is 61.7 Å². The number of rotatable bonds is 5. The van der Waals surface area contributed by atoms with Crippen molar-refractivity contribution >= 4 is 76.6 Å². The molecule has 0 fully saturated rings. The van der Waals surface area contributed by atoms with Gasteiger partial charge in [-0.15, -0.1) is 0 Å². The van der Waals surface area contributed by atoms with Crippen LogP contribution in [0.2, 0.25) is 0 Å². The lowest BCUT2D eigenvalue weighted by atomic mass is 10.0. The summed E-state index contributed by atoms with van der Waals surface area (Å²) in [7, 11) is 0. The molecule has 0 radical (unpaired) electrons. The number of hydrogen-bond donors (Lipinski definition) is 0. The third-order valence-corrected chi connectivity index (χ3v) is 12.2. The minimum absolute atomic E-state index is 0.701. The molecule has 0 spiro atoms. The van der Waals surface area contributed by atoms with E-state index < -0.39 is 0 Å². The molecule has 0 bridgehead atoms. The van der Waals surface area contributed by atoms with Crippen molar-refractivity contribution in [2.24, 2.45) is 0 Å². The highest BCUT2D eigenvalue weighted by Gasteiger charge is 2.19. The largest absolute Gasteiger partial charge is 0.454 e. The third-order valence-electron chi connectivity index (χ3n) is 12.2. The second-order valence-electron chi connectivity index (χ2n) is 15.6. The molecule has 0 saturated heterocycles. The highest BCUT2D eigenvalue weighted by atomic mass is 16.3. The van der Waals surface area contributed by atoms with Gasteiger partial charge in [-0.05, 0) is 96.1 Å². The molecule has 5 aromatic heterocycles. The van der Waals surface area contributed by atoms with Crippen molar-refractivity contribution in [2.45, 2.75) is 0 Å². The van der Waals surface area contributed by atoms with E-state index in [-0.39, 0.29) is 0 Å². The summed E-state index contributed by atoms with van der Waals surface area (Å²) in [5.41, 5.74) is 15.4. The van der Waals surface area contributed by atoms with Gasteiger partial charge in [-0.1, -0.05) is 109 Å². The Balaban J connectivity index is 0.939. The Bertz CT molecular complexity index is 3890. The molecule has 6 heteroatoms. The summed E-state index contributed by atoms with van der Waals surface area (Å²) >= 11 is 0. The Morgan fingerprint density at radius 1 is 0.361 bits per heavy atom. The van der Waals surface area contributed by atoms with Crippen LogP contribution in [0.25, 0.3) is 122 Å². The number of nitrogens with zero attached hydrogens (tertiary/aromatic N) is 5. The van der Waals surface area contributed by atoms with E-state index >= 15 is 0 Å². The quantitative estimate of drug-likeness (QED) is 0.175. The molecule has 8 aromatic carbocycles. The number of aromatic nitrogens is 5. The Labute approximate surface area is 349 Å². The average Bonchev–Trinajstić information content (AvgIpc) is 3.98. The van der Waals surface area contributed by atoms with Crippen LogP contribution in [0.3, 0.4) is 0 Å². The minimum Gasteiger partial charge on any atom is -0.454 e. The molecule has 0 aliphatic rings. The minimum atomic E-state index is 0.701. The van der Waals surface area contributed by atoms with Gasteiger partial charge < -0.3 is 13.6 Å². The van der Waals surface area contributed by atoms with E-state index in [1.54, 1.807) is 0 Å². The van der Waals surface area contributed by atoms with Crippen molar-refractivity contribution < 1.29 is 4.42 Å². The molecule has 13 rings (SSSR count). The van der Waals surface area contributed by atoms with Crippen LogP contribution >= 0.6 is 0 Å². The highest BCUT2D eigenvalue weighted by Crippen LogP contribution is 2.40. The van der Waals surface area contributed by atoms with Crippen molar-refractivity contribution in [2.75, 3.05) is 0 Å². The molecule has 0 N–H and O–H groups in total. The Kier molecular flexibility index (Phi) is 7.21. The number of para-hydroxylation sites is 3. The van der Waals surface area contributed by atoms with E-state index in [0.29, 0.717) is 5.82 Å². The first-order valence-corrected chi connectivity index (χ1v) is 20.5. The maximum Gasteiger partial charge on any atom is 0.160 e. The number of pyridine rings is 1. The molecule has 0 saturated carbocycles. The van der Waals surface area contributed by atoms with Crippen LogP contribution in [0, 0.1) is 0 Å². The maximum absolute atomic E-state index is 6.12. The zero-order chi connectivity index (χ0) is 40.0. The second kappa shape index (κ2) is 13.1. The fourth-order valence-corrected chi connectivity index (χ4v) is 9.39.